The Morgan fingerprint density at radius 3 is 2.22 bits per heavy atom. The van der Waals surface area contributed by atoms with E-state index in [1.165, 1.54) is 4.31 Å². The molecule has 0 aromatic heterocycles. The molecule has 1 atom stereocenters. The molecule has 0 aliphatic carbocycles. The minimum absolute atomic E-state index is 0.0182. The van der Waals surface area contributed by atoms with Crippen LogP contribution >= 0.6 is 0 Å². The molecule has 0 radical (unpaired) electrons. The second-order valence-electron chi connectivity index (χ2n) is 7.00. The highest BCUT2D eigenvalue weighted by Crippen LogP contribution is 2.33. The maximum absolute atomic E-state index is 12.8. The summed E-state index contributed by atoms with van der Waals surface area (Å²) in [6, 6.07) is 5.08. The standard InChI is InChI=1S/C17H23F3N2O4S/c1-12-4-5-13(2)14(10-12)27(25,26)22-8-6-21(7-9-22)15(23)11-16(3,24)17(18,19)20/h4-5,10,24H,6-9,11H2,1-3H3/t16-/m0/s1. The van der Waals surface area contributed by atoms with E-state index in [1.807, 2.05) is 0 Å². The summed E-state index contributed by atoms with van der Waals surface area (Å²) in [4.78, 5) is 13.4. The van der Waals surface area contributed by atoms with Gasteiger partial charge in [0, 0.05) is 26.2 Å². The molecule has 1 aromatic carbocycles. The number of sulfonamides is 1. The highest BCUT2D eigenvalue weighted by molar-refractivity contribution is 7.89. The van der Waals surface area contributed by atoms with Crippen molar-refractivity contribution in [2.24, 2.45) is 0 Å². The first kappa shape index (κ1) is 21.6. The predicted octanol–water partition coefficient (Wildman–Crippen LogP) is 1.84. The Hall–Kier alpha value is -1.65. The largest absolute Gasteiger partial charge is 0.417 e. The Morgan fingerprint density at radius 1 is 1.15 bits per heavy atom. The van der Waals surface area contributed by atoms with Crippen LogP contribution in [-0.2, 0) is 14.8 Å². The fourth-order valence-electron chi connectivity index (χ4n) is 2.81. The molecular weight excluding hydrogens is 385 g/mol. The van der Waals surface area contributed by atoms with Crippen LogP contribution in [0.15, 0.2) is 23.1 Å². The summed E-state index contributed by atoms with van der Waals surface area (Å²) in [5, 5.41) is 9.46. The summed E-state index contributed by atoms with van der Waals surface area (Å²) in [7, 11) is -3.76. The van der Waals surface area contributed by atoms with Gasteiger partial charge in [0.1, 0.15) is 0 Å². The molecule has 0 unspecified atom stereocenters. The van der Waals surface area contributed by atoms with Crippen LogP contribution in [0.3, 0.4) is 0 Å². The first-order chi connectivity index (χ1) is 12.3. The molecule has 1 saturated heterocycles. The molecule has 1 N–H and O–H groups in total. The quantitative estimate of drug-likeness (QED) is 0.825. The van der Waals surface area contributed by atoms with Crippen molar-refractivity contribution in [3.8, 4) is 0 Å². The zero-order valence-electron chi connectivity index (χ0n) is 15.4. The number of aryl methyl sites for hydroxylation is 2. The molecule has 152 valence electrons. The van der Waals surface area contributed by atoms with Crippen molar-refractivity contribution in [1.29, 1.82) is 0 Å². The van der Waals surface area contributed by atoms with Gasteiger partial charge in [0.2, 0.25) is 15.9 Å². The fourth-order valence-corrected chi connectivity index (χ4v) is 4.54. The highest BCUT2D eigenvalue weighted by Gasteiger charge is 2.51. The number of nitrogens with zero attached hydrogens (tertiary/aromatic N) is 2. The molecule has 10 heteroatoms. The van der Waals surface area contributed by atoms with E-state index in [1.54, 1.807) is 32.0 Å². The van der Waals surface area contributed by atoms with Crippen LogP contribution in [0.5, 0.6) is 0 Å². The van der Waals surface area contributed by atoms with E-state index < -0.39 is 34.1 Å². The number of aliphatic hydroxyl groups is 1. The van der Waals surface area contributed by atoms with Gasteiger partial charge in [-0.25, -0.2) is 8.42 Å². The number of benzene rings is 1. The number of alkyl halides is 3. The van der Waals surface area contributed by atoms with Crippen molar-refractivity contribution < 1.29 is 31.5 Å². The van der Waals surface area contributed by atoms with Crippen LogP contribution in [0, 0.1) is 13.8 Å². The second kappa shape index (κ2) is 7.40. The van der Waals surface area contributed by atoms with E-state index in [0.717, 1.165) is 10.5 Å². The molecule has 1 amide bonds. The molecule has 1 heterocycles. The van der Waals surface area contributed by atoms with Gasteiger partial charge in [0.05, 0.1) is 11.3 Å². The Balaban J connectivity index is 2.07. The van der Waals surface area contributed by atoms with Gasteiger partial charge in [-0.2, -0.15) is 17.5 Å². The molecule has 0 bridgehead atoms. The number of piperazine rings is 1. The van der Waals surface area contributed by atoms with Gasteiger partial charge in [-0.15, -0.1) is 0 Å². The van der Waals surface area contributed by atoms with Gasteiger partial charge in [-0.05, 0) is 38.0 Å². The number of halogens is 3. The maximum atomic E-state index is 12.8. The van der Waals surface area contributed by atoms with Crippen molar-refractivity contribution in [2.45, 2.75) is 43.9 Å². The maximum Gasteiger partial charge on any atom is 0.417 e. The van der Waals surface area contributed by atoms with E-state index in [4.69, 9.17) is 0 Å². The Morgan fingerprint density at radius 2 is 1.70 bits per heavy atom. The SMILES string of the molecule is Cc1ccc(C)c(S(=O)(=O)N2CCN(C(=O)C[C@](C)(O)C(F)(F)F)CC2)c1. The first-order valence-corrected chi connectivity index (χ1v) is 9.84. The van der Waals surface area contributed by atoms with Crippen molar-refractivity contribution >= 4 is 15.9 Å². The molecule has 1 aromatic rings. The van der Waals surface area contributed by atoms with Crippen LogP contribution in [0.25, 0.3) is 0 Å². The number of hydrogen-bond acceptors (Lipinski definition) is 4. The van der Waals surface area contributed by atoms with Crippen molar-refractivity contribution in [3.63, 3.8) is 0 Å². The molecule has 27 heavy (non-hydrogen) atoms. The smallest absolute Gasteiger partial charge is 0.380 e. The third-order valence-corrected chi connectivity index (χ3v) is 6.70. The zero-order chi connectivity index (χ0) is 20.6. The lowest BCUT2D eigenvalue weighted by Gasteiger charge is -2.36. The van der Waals surface area contributed by atoms with Gasteiger partial charge < -0.3 is 10.0 Å². The average Bonchev–Trinajstić information content (AvgIpc) is 2.55. The monoisotopic (exact) mass is 408 g/mol. The molecule has 1 aliphatic rings. The second-order valence-corrected chi connectivity index (χ2v) is 8.91. The Bertz CT molecular complexity index is 814. The van der Waals surface area contributed by atoms with Crippen molar-refractivity contribution in [1.82, 2.24) is 9.21 Å². The summed E-state index contributed by atoms with van der Waals surface area (Å²) < 4.78 is 65.1. The summed E-state index contributed by atoms with van der Waals surface area (Å²) in [5.74, 6) is -0.860. The number of hydrogen-bond donors (Lipinski definition) is 1. The number of carbonyl (C=O) groups excluding carboxylic acids is 1. The van der Waals surface area contributed by atoms with E-state index in [2.05, 4.69) is 0 Å². The topological polar surface area (TPSA) is 77.9 Å². The summed E-state index contributed by atoms with van der Waals surface area (Å²) >= 11 is 0. The van der Waals surface area contributed by atoms with E-state index in [9.17, 15) is 31.5 Å². The average molecular weight is 408 g/mol. The van der Waals surface area contributed by atoms with Crippen molar-refractivity contribution in [3.05, 3.63) is 29.3 Å². The molecule has 6 nitrogen and oxygen atoms in total. The molecule has 1 aliphatic heterocycles. The molecular formula is C17H23F3N2O4S. The van der Waals surface area contributed by atoms with Gasteiger partial charge in [-0.1, -0.05) is 12.1 Å². The van der Waals surface area contributed by atoms with Gasteiger partial charge in [-0.3, -0.25) is 4.79 Å². The van der Waals surface area contributed by atoms with Crippen LogP contribution in [-0.4, -0.2) is 66.6 Å². The Kier molecular flexibility index (Phi) is 5.93. The molecule has 0 spiro atoms. The lowest BCUT2D eigenvalue weighted by Crippen LogP contribution is -2.53. The van der Waals surface area contributed by atoms with Gasteiger partial charge >= 0.3 is 6.18 Å². The van der Waals surface area contributed by atoms with Crippen LogP contribution in [0.2, 0.25) is 0 Å². The van der Waals surface area contributed by atoms with Gasteiger partial charge in [0.15, 0.2) is 5.60 Å². The van der Waals surface area contributed by atoms with Crippen LogP contribution < -0.4 is 0 Å². The normalized spacial score (nSPS) is 19.0. The lowest BCUT2D eigenvalue weighted by atomic mass is 10.0. The lowest BCUT2D eigenvalue weighted by molar-refractivity contribution is -0.254. The third-order valence-electron chi connectivity index (χ3n) is 4.66. The number of carbonyl (C=O) groups is 1. The van der Waals surface area contributed by atoms with E-state index in [0.29, 0.717) is 12.5 Å². The number of rotatable bonds is 4. The molecule has 1 fully saturated rings. The summed E-state index contributed by atoms with van der Waals surface area (Å²) in [6.45, 7) is 3.91. The minimum atomic E-state index is -4.92. The zero-order valence-corrected chi connectivity index (χ0v) is 16.2. The third kappa shape index (κ3) is 4.61. The summed E-state index contributed by atoms with van der Waals surface area (Å²) in [6.07, 6.45) is -6.02. The van der Waals surface area contributed by atoms with E-state index in [-0.39, 0.29) is 31.1 Å². The van der Waals surface area contributed by atoms with E-state index >= 15 is 0 Å². The highest BCUT2D eigenvalue weighted by atomic mass is 32.2. The molecule has 2 rings (SSSR count). The van der Waals surface area contributed by atoms with Gasteiger partial charge in [0.25, 0.3) is 0 Å². The van der Waals surface area contributed by atoms with Crippen molar-refractivity contribution in [2.75, 3.05) is 26.2 Å². The fraction of sp³-hybridized carbons (Fsp3) is 0.588. The van der Waals surface area contributed by atoms with Crippen LogP contribution in [0.4, 0.5) is 13.2 Å². The molecule has 0 saturated carbocycles. The first-order valence-electron chi connectivity index (χ1n) is 8.40. The number of amides is 1. The van der Waals surface area contributed by atoms with Crippen LogP contribution in [0.1, 0.15) is 24.5 Å². The Labute approximate surface area is 156 Å². The predicted molar refractivity (Wildman–Crippen MR) is 92.6 cm³/mol. The summed E-state index contributed by atoms with van der Waals surface area (Å²) in [5.41, 5.74) is -1.73. The minimum Gasteiger partial charge on any atom is -0.380 e.